The van der Waals surface area contributed by atoms with Crippen molar-refractivity contribution in [1.29, 1.82) is 0 Å². The molecular weight excluding hydrogens is 508 g/mol. The third kappa shape index (κ3) is 6.89. The summed E-state index contributed by atoms with van der Waals surface area (Å²) in [7, 11) is 1.80. The first-order valence-corrected chi connectivity index (χ1v) is 14.0. The maximum absolute atomic E-state index is 13.4. The Bertz CT molecular complexity index is 1460. The molecule has 212 valence electrons. The Kier molecular flexibility index (Phi) is 9.94. The first-order valence-electron chi connectivity index (χ1n) is 14.0. The second-order valence-electron chi connectivity index (χ2n) is 9.62. The van der Waals surface area contributed by atoms with Gasteiger partial charge in [-0.1, -0.05) is 50.6 Å². The summed E-state index contributed by atoms with van der Waals surface area (Å²) in [6.45, 7) is 6.92. The Balaban J connectivity index is 1.44. The van der Waals surface area contributed by atoms with Gasteiger partial charge in [-0.25, -0.2) is 9.78 Å². The first kappa shape index (κ1) is 28.9. The highest BCUT2D eigenvalue weighted by Gasteiger charge is 2.23. The number of benzene rings is 2. The molecular formula is C31H38N4O5. The Morgan fingerprint density at radius 2 is 1.68 bits per heavy atom. The largest absolute Gasteiger partial charge is 0.492 e. The molecule has 0 N–H and O–H groups in total. The number of hydrogen-bond donors (Lipinski definition) is 0. The molecule has 0 aliphatic heterocycles. The van der Waals surface area contributed by atoms with Gasteiger partial charge in [0.15, 0.2) is 11.6 Å². The topological polar surface area (TPSA) is 97.5 Å². The fourth-order valence-electron chi connectivity index (χ4n) is 4.67. The lowest BCUT2D eigenvalue weighted by Gasteiger charge is -2.18. The summed E-state index contributed by atoms with van der Waals surface area (Å²) in [4.78, 5) is 30.8. The summed E-state index contributed by atoms with van der Waals surface area (Å²) >= 11 is 0. The Morgan fingerprint density at radius 1 is 0.950 bits per heavy atom. The number of ether oxygens (including phenoxy) is 3. The molecule has 40 heavy (non-hydrogen) atoms. The minimum atomic E-state index is -0.759. The van der Waals surface area contributed by atoms with Crippen molar-refractivity contribution in [2.24, 2.45) is 7.05 Å². The van der Waals surface area contributed by atoms with E-state index in [2.05, 4.69) is 18.9 Å². The number of nitrogens with zero attached hydrogens (tertiary/aromatic N) is 4. The Labute approximate surface area is 234 Å². The molecule has 2 heterocycles. The smallest absolute Gasteiger partial charge is 0.347 e. The van der Waals surface area contributed by atoms with Crippen molar-refractivity contribution >= 4 is 17.0 Å². The van der Waals surface area contributed by atoms with E-state index in [1.165, 1.54) is 0 Å². The van der Waals surface area contributed by atoms with E-state index in [1.807, 2.05) is 54.6 Å². The highest BCUT2D eigenvalue weighted by molar-refractivity contribution is 5.77. The zero-order chi connectivity index (χ0) is 28.5. The first-order chi connectivity index (χ1) is 19.4. The van der Waals surface area contributed by atoms with Gasteiger partial charge < -0.3 is 14.2 Å². The number of hydrogen-bond acceptors (Lipinski definition) is 7. The summed E-state index contributed by atoms with van der Waals surface area (Å²) in [5.74, 6) is 1.64. The zero-order valence-electron chi connectivity index (χ0n) is 23.8. The van der Waals surface area contributed by atoms with E-state index < -0.39 is 12.1 Å². The number of fused-ring (bicyclic) bond motifs is 1. The minimum Gasteiger partial charge on any atom is -0.492 e. The van der Waals surface area contributed by atoms with Gasteiger partial charge in [-0.3, -0.25) is 14.0 Å². The third-order valence-corrected chi connectivity index (χ3v) is 6.55. The number of carbonyl (C=O) groups is 1. The maximum Gasteiger partial charge on any atom is 0.347 e. The maximum atomic E-state index is 13.4. The third-order valence-electron chi connectivity index (χ3n) is 6.55. The molecule has 0 radical (unpaired) electrons. The number of para-hydroxylation sites is 1. The van der Waals surface area contributed by atoms with Gasteiger partial charge >= 0.3 is 5.97 Å². The van der Waals surface area contributed by atoms with Crippen molar-refractivity contribution in [3.8, 4) is 11.5 Å². The second-order valence-corrected chi connectivity index (χ2v) is 9.62. The van der Waals surface area contributed by atoms with Crippen LogP contribution < -0.4 is 15.0 Å². The van der Waals surface area contributed by atoms with Crippen molar-refractivity contribution in [3.05, 3.63) is 82.0 Å². The van der Waals surface area contributed by atoms with Crippen LogP contribution in [0.5, 0.6) is 11.5 Å². The van der Waals surface area contributed by atoms with E-state index >= 15 is 0 Å². The van der Waals surface area contributed by atoms with Crippen LogP contribution in [0.25, 0.3) is 11.0 Å². The molecule has 2 aromatic carbocycles. The fraction of sp³-hybridized carbons (Fsp3) is 0.419. The van der Waals surface area contributed by atoms with Crippen molar-refractivity contribution in [3.63, 3.8) is 0 Å². The number of carbonyl (C=O) groups excluding carboxylic acids is 1. The number of rotatable bonds is 14. The number of esters is 1. The highest BCUT2D eigenvalue weighted by Crippen LogP contribution is 2.19. The molecule has 4 aromatic rings. The standard InChI is InChI=1S/C31H38N4O5/c1-5-11-25-28-29(34(4)33-25)30(36)35(27(32-28)12-6-2)19-20-39-23-17-15-22(16-18-23)21-26(31(37)38-7-3)40-24-13-9-8-10-14-24/h8-10,13-18,26H,5-7,11-12,19-21H2,1-4H3. The SMILES string of the molecule is CCCc1nn(C)c2c(=O)n(CCOc3ccc(CC(Oc4ccccc4)C(=O)OCC)cc3)c(CCC)nc12. The van der Waals surface area contributed by atoms with Crippen LogP contribution in [0.1, 0.15) is 50.7 Å². The van der Waals surface area contributed by atoms with Gasteiger partial charge in [0.2, 0.25) is 0 Å². The van der Waals surface area contributed by atoms with Gasteiger partial charge in [-0.15, -0.1) is 0 Å². The molecule has 9 nitrogen and oxygen atoms in total. The monoisotopic (exact) mass is 546 g/mol. The van der Waals surface area contributed by atoms with E-state index in [-0.39, 0.29) is 12.2 Å². The summed E-state index contributed by atoms with van der Waals surface area (Å²) < 4.78 is 20.5. The zero-order valence-corrected chi connectivity index (χ0v) is 23.8. The van der Waals surface area contributed by atoms with E-state index in [9.17, 15) is 9.59 Å². The molecule has 4 rings (SSSR count). The van der Waals surface area contributed by atoms with Crippen LogP contribution in [-0.2, 0) is 42.4 Å². The van der Waals surface area contributed by atoms with Gasteiger partial charge in [0.1, 0.15) is 29.4 Å². The number of aromatic nitrogens is 4. The van der Waals surface area contributed by atoms with Crippen LogP contribution in [-0.4, -0.2) is 44.6 Å². The average Bonchev–Trinajstić information content (AvgIpc) is 3.26. The van der Waals surface area contributed by atoms with E-state index in [0.717, 1.165) is 36.3 Å². The normalized spacial score (nSPS) is 11.9. The Morgan fingerprint density at radius 3 is 2.35 bits per heavy atom. The second kappa shape index (κ2) is 13.8. The fourth-order valence-corrected chi connectivity index (χ4v) is 4.67. The predicted octanol–water partition coefficient (Wildman–Crippen LogP) is 4.67. The molecule has 0 aliphatic carbocycles. The highest BCUT2D eigenvalue weighted by atomic mass is 16.6. The van der Waals surface area contributed by atoms with Crippen molar-refractivity contribution in [2.45, 2.75) is 65.5 Å². The van der Waals surface area contributed by atoms with Crippen LogP contribution in [0.4, 0.5) is 0 Å². The summed E-state index contributed by atoms with van der Waals surface area (Å²) in [5, 5.41) is 4.56. The molecule has 9 heteroatoms. The molecule has 0 fully saturated rings. The van der Waals surface area contributed by atoms with Gasteiger partial charge in [0.05, 0.1) is 18.8 Å². The molecule has 0 saturated carbocycles. The van der Waals surface area contributed by atoms with Crippen LogP contribution in [0.2, 0.25) is 0 Å². The van der Waals surface area contributed by atoms with Crippen LogP contribution >= 0.6 is 0 Å². The van der Waals surface area contributed by atoms with E-state index in [0.29, 0.717) is 48.5 Å². The molecule has 0 amide bonds. The molecule has 1 atom stereocenters. The lowest BCUT2D eigenvalue weighted by Crippen LogP contribution is -2.31. The average molecular weight is 547 g/mol. The van der Waals surface area contributed by atoms with Crippen molar-refractivity contribution in [1.82, 2.24) is 19.3 Å². The molecule has 2 aromatic heterocycles. The summed E-state index contributed by atoms with van der Waals surface area (Å²) in [6, 6.07) is 16.8. The van der Waals surface area contributed by atoms with Gasteiger partial charge in [-0.2, -0.15) is 5.10 Å². The lowest BCUT2D eigenvalue weighted by atomic mass is 10.1. The summed E-state index contributed by atoms with van der Waals surface area (Å²) in [6.07, 6.45) is 2.91. The molecule has 0 spiro atoms. The minimum absolute atomic E-state index is 0.0897. The van der Waals surface area contributed by atoms with Crippen molar-refractivity contribution in [2.75, 3.05) is 13.2 Å². The van der Waals surface area contributed by atoms with Crippen molar-refractivity contribution < 1.29 is 19.0 Å². The Hall–Kier alpha value is -4.14. The molecule has 0 saturated heterocycles. The van der Waals surface area contributed by atoms with E-state index in [1.54, 1.807) is 23.2 Å². The van der Waals surface area contributed by atoms with Gasteiger partial charge in [0.25, 0.3) is 5.56 Å². The van der Waals surface area contributed by atoms with Crippen LogP contribution in [0, 0.1) is 0 Å². The molecule has 0 bridgehead atoms. The molecule has 0 aliphatic rings. The van der Waals surface area contributed by atoms with Crippen LogP contribution in [0.15, 0.2) is 59.4 Å². The van der Waals surface area contributed by atoms with Crippen LogP contribution in [0.3, 0.4) is 0 Å². The van der Waals surface area contributed by atoms with Gasteiger partial charge in [-0.05, 0) is 49.6 Å². The van der Waals surface area contributed by atoms with Gasteiger partial charge in [0, 0.05) is 19.9 Å². The quantitative estimate of drug-likeness (QED) is 0.212. The molecule has 1 unspecified atom stereocenters. The summed E-state index contributed by atoms with van der Waals surface area (Å²) in [5.41, 5.74) is 2.94. The predicted molar refractivity (Wildman–Crippen MR) is 154 cm³/mol. The van der Waals surface area contributed by atoms with E-state index in [4.69, 9.17) is 19.2 Å². The number of aryl methyl sites for hydroxylation is 3. The lowest BCUT2D eigenvalue weighted by molar-refractivity contribution is -0.151.